The minimum atomic E-state index is -1.03. The van der Waals surface area contributed by atoms with Crippen molar-refractivity contribution >= 4 is 17.2 Å². The first-order chi connectivity index (χ1) is 15.7. The quantitative estimate of drug-likeness (QED) is 0.356. The fourth-order valence-corrected chi connectivity index (χ4v) is 4.35. The first-order valence-electron chi connectivity index (χ1n) is 10.3. The molecule has 1 N–H and O–H groups in total. The van der Waals surface area contributed by atoms with Crippen LogP contribution in [0, 0.1) is 17.5 Å². The lowest BCUT2D eigenvalue weighted by Crippen LogP contribution is -2.27. The van der Waals surface area contributed by atoms with Crippen molar-refractivity contribution in [1.29, 1.82) is 0 Å². The molecular formula is C26H22F3NO3. The molecule has 0 bridgehead atoms. The fraction of sp³-hybridized carbons (Fsp3) is 0.192. The summed E-state index contributed by atoms with van der Waals surface area (Å²) >= 11 is 0. The smallest absolute Gasteiger partial charge is 0.160 e. The Kier molecular flexibility index (Phi) is 5.76. The van der Waals surface area contributed by atoms with Gasteiger partial charge >= 0.3 is 0 Å². The van der Waals surface area contributed by atoms with Crippen LogP contribution in [0.2, 0.25) is 0 Å². The highest BCUT2D eigenvalue weighted by Crippen LogP contribution is 2.46. The lowest BCUT2D eigenvalue weighted by Gasteiger charge is -2.28. The SMILES string of the molecule is COCC(C)(C)c1c(-c2ccc(C=O)cc2F)c2c(O)cccc2n1-c1ccc(F)c(F)c1. The molecule has 0 saturated carbocycles. The summed E-state index contributed by atoms with van der Waals surface area (Å²) in [4.78, 5) is 11.1. The van der Waals surface area contributed by atoms with Crippen LogP contribution in [0.15, 0.2) is 54.6 Å². The summed E-state index contributed by atoms with van der Waals surface area (Å²) in [6.45, 7) is 3.97. The van der Waals surface area contributed by atoms with Gasteiger partial charge in [-0.3, -0.25) is 4.79 Å². The van der Waals surface area contributed by atoms with Crippen molar-refractivity contribution in [3.63, 3.8) is 0 Å². The molecule has 1 heterocycles. The topological polar surface area (TPSA) is 51.5 Å². The van der Waals surface area contributed by atoms with Gasteiger partial charge in [0.1, 0.15) is 17.9 Å². The van der Waals surface area contributed by atoms with Crippen molar-refractivity contribution in [3.8, 4) is 22.6 Å². The summed E-state index contributed by atoms with van der Waals surface area (Å²) in [7, 11) is 1.53. The van der Waals surface area contributed by atoms with E-state index in [9.17, 15) is 18.7 Å². The molecule has 4 aromatic rings. The molecule has 0 atom stereocenters. The monoisotopic (exact) mass is 453 g/mol. The molecule has 0 radical (unpaired) electrons. The maximum Gasteiger partial charge on any atom is 0.160 e. The van der Waals surface area contributed by atoms with Crippen LogP contribution >= 0.6 is 0 Å². The van der Waals surface area contributed by atoms with Crippen molar-refractivity contribution in [1.82, 2.24) is 4.57 Å². The standard InChI is InChI=1S/C26H22F3NO3/c1-26(2,14-33-3)25-23(17-9-7-15(13-31)11-19(17)28)24-21(5-4-6-22(24)32)30(25)16-8-10-18(27)20(29)12-16/h4-13,32H,14H2,1-3H3. The van der Waals surface area contributed by atoms with E-state index in [1.807, 2.05) is 13.8 Å². The van der Waals surface area contributed by atoms with Crippen LogP contribution in [0.3, 0.4) is 0 Å². The van der Waals surface area contributed by atoms with Gasteiger partial charge in [0.2, 0.25) is 0 Å². The number of aromatic hydroxyl groups is 1. The summed E-state index contributed by atoms with van der Waals surface area (Å²) in [6.07, 6.45) is 0.546. The number of hydrogen-bond acceptors (Lipinski definition) is 3. The van der Waals surface area contributed by atoms with E-state index in [-0.39, 0.29) is 23.5 Å². The Morgan fingerprint density at radius 2 is 1.76 bits per heavy atom. The minimum Gasteiger partial charge on any atom is -0.507 e. The second-order valence-corrected chi connectivity index (χ2v) is 8.50. The molecule has 0 unspecified atom stereocenters. The number of phenols is 1. The molecule has 0 aliphatic rings. The number of fused-ring (bicyclic) bond motifs is 1. The molecule has 1 aromatic heterocycles. The number of methoxy groups -OCH3 is 1. The maximum atomic E-state index is 15.3. The van der Waals surface area contributed by atoms with Crippen molar-refractivity contribution < 1.29 is 27.8 Å². The Labute approximate surface area is 188 Å². The van der Waals surface area contributed by atoms with Crippen molar-refractivity contribution in [2.45, 2.75) is 19.3 Å². The van der Waals surface area contributed by atoms with Crippen LogP contribution in [-0.4, -0.2) is 29.7 Å². The van der Waals surface area contributed by atoms with Gasteiger partial charge in [-0.25, -0.2) is 13.2 Å². The number of halogens is 3. The zero-order valence-electron chi connectivity index (χ0n) is 18.3. The second kappa shape index (κ2) is 8.41. The lowest BCUT2D eigenvalue weighted by molar-refractivity contribution is 0.112. The molecule has 170 valence electrons. The highest BCUT2D eigenvalue weighted by molar-refractivity contribution is 6.03. The lowest BCUT2D eigenvalue weighted by atomic mass is 9.84. The van der Waals surface area contributed by atoms with Gasteiger partial charge < -0.3 is 14.4 Å². The molecule has 0 aliphatic heterocycles. The van der Waals surface area contributed by atoms with Crippen LogP contribution in [0.25, 0.3) is 27.7 Å². The molecule has 0 amide bonds. The Morgan fingerprint density at radius 3 is 2.39 bits per heavy atom. The van der Waals surface area contributed by atoms with Crippen LogP contribution in [-0.2, 0) is 10.2 Å². The minimum absolute atomic E-state index is 0.0998. The fourth-order valence-electron chi connectivity index (χ4n) is 4.35. The van der Waals surface area contributed by atoms with Gasteiger partial charge in [0, 0.05) is 46.7 Å². The number of carbonyl (C=O) groups is 1. The van der Waals surface area contributed by atoms with Crippen molar-refractivity contribution in [3.05, 3.63) is 83.3 Å². The molecule has 3 aromatic carbocycles. The van der Waals surface area contributed by atoms with Crippen LogP contribution in [0.1, 0.15) is 29.9 Å². The van der Waals surface area contributed by atoms with Gasteiger partial charge in [-0.1, -0.05) is 32.0 Å². The first kappa shape index (κ1) is 22.6. The van der Waals surface area contributed by atoms with Crippen LogP contribution in [0.5, 0.6) is 5.75 Å². The molecular weight excluding hydrogens is 431 g/mol. The number of carbonyl (C=O) groups excluding carboxylic acids is 1. The van der Waals surface area contributed by atoms with Gasteiger partial charge in [0.25, 0.3) is 0 Å². The number of hydrogen-bond donors (Lipinski definition) is 1. The average Bonchev–Trinajstić information content (AvgIpc) is 3.12. The molecule has 0 aliphatic carbocycles. The first-order valence-corrected chi connectivity index (χ1v) is 10.3. The zero-order chi connectivity index (χ0) is 23.9. The van der Waals surface area contributed by atoms with E-state index in [1.54, 1.807) is 16.7 Å². The summed E-state index contributed by atoms with van der Waals surface area (Å²) in [5.74, 6) is -2.78. The third-order valence-corrected chi connectivity index (χ3v) is 5.68. The maximum absolute atomic E-state index is 15.3. The van der Waals surface area contributed by atoms with E-state index in [1.165, 1.54) is 31.4 Å². The third-order valence-electron chi connectivity index (χ3n) is 5.68. The van der Waals surface area contributed by atoms with E-state index in [0.29, 0.717) is 34.1 Å². The second-order valence-electron chi connectivity index (χ2n) is 8.50. The van der Waals surface area contributed by atoms with E-state index >= 15 is 4.39 Å². The molecule has 0 spiro atoms. The van der Waals surface area contributed by atoms with E-state index in [2.05, 4.69) is 0 Å². The van der Waals surface area contributed by atoms with Gasteiger partial charge in [-0.05, 0) is 30.3 Å². The normalized spacial score (nSPS) is 11.8. The van der Waals surface area contributed by atoms with Crippen molar-refractivity contribution in [2.24, 2.45) is 0 Å². The van der Waals surface area contributed by atoms with Gasteiger partial charge in [0.05, 0.1) is 17.5 Å². The molecule has 7 heteroatoms. The zero-order valence-corrected chi connectivity index (χ0v) is 18.3. The van der Waals surface area contributed by atoms with E-state index < -0.39 is 22.9 Å². The number of rotatable bonds is 6. The third kappa shape index (κ3) is 3.78. The van der Waals surface area contributed by atoms with Crippen LogP contribution in [0.4, 0.5) is 13.2 Å². The molecule has 33 heavy (non-hydrogen) atoms. The average molecular weight is 453 g/mol. The number of aromatic nitrogens is 1. The number of ether oxygens (including phenoxy) is 1. The van der Waals surface area contributed by atoms with E-state index in [4.69, 9.17) is 4.74 Å². The molecule has 0 saturated heterocycles. The number of aldehydes is 1. The van der Waals surface area contributed by atoms with Gasteiger partial charge in [-0.2, -0.15) is 0 Å². The van der Waals surface area contributed by atoms with Gasteiger partial charge in [0.15, 0.2) is 11.6 Å². The predicted molar refractivity (Wildman–Crippen MR) is 121 cm³/mol. The Hall–Kier alpha value is -3.58. The number of benzene rings is 3. The van der Waals surface area contributed by atoms with E-state index in [0.717, 1.165) is 18.2 Å². The molecule has 4 nitrogen and oxygen atoms in total. The van der Waals surface area contributed by atoms with Crippen molar-refractivity contribution in [2.75, 3.05) is 13.7 Å². The number of phenolic OH excluding ortho intramolecular Hbond substituents is 1. The Bertz CT molecular complexity index is 1380. The predicted octanol–water partition coefficient (Wildman–Crippen LogP) is 6.16. The molecule has 4 rings (SSSR count). The summed E-state index contributed by atoms with van der Waals surface area (Å²) in [5.41, 5.74) is 1.27. The van der Waals surface area contributed by atoms with Crippen LogP contribution < -0.4 is 0 Å². The largest absolute Gasteiger partial charge is 0.507 e. The molecule has 0 fully saturated rings. The van der Waals surface area contributed by atoms with Gasteiger partial charge in [-0.15, -0.1) is 0 Å². The Balaban J connectivity index is 2.22. The summed E-state index contributed by atoms with van der Waals surface area (Å²) in [5, 5.41) is 11.2. The highest BCUT2D eigenvalue weighted by atomic mass is 19.2. The Morgan fingerprint density at radius 1 is 1.00 bits per heavy atom. The highest BCUT2D eigenvalue weighted by Gasteiger charge is 2.34. The summed E-state index contributed by atoms with van der Waals surface area (Å²) < 4.78 is 50.3. The summed E-state index contributed by atoms with van der Waals surface area (Å²) in [6, 6.07) is 12.4. The number of nitrogens with zero attached hydrogens (tertiary/aromatic N) is 1.